The van der Waals surface area contributed by atoms with E-state index in [1.54, 1.807) is 0 Å². The molecule has 0 bridgehead atoms. The lowest BCUT2D eigenvalue weighted by atomic mass is 10.4. The van der Waals surface area contributed by atoms with E-state index >= 15 is 0 Å². The lowest BCUT2D eigenvalue weighted by molar-refractivity contribution is 0.895. The summed E-state index contributed by atoms with van der Waals surface area (Å²) >= 11 is 1.95. The maximum atomic E-state index is 5.29. The highest BCUT2D eigenvalue weighted by molar-refractivity contribution is 7.99. The van der Waals surface area contributed by atoms with Crippen molar-refractivity contribution in [1.29, 1.82) is 0 Å². The van der Waals surface area contributed by atoms with Crippen LogP contribution in [-0.2, 0) is 0 Å². The van der Waals surface area contributed by atoms with Gasteiger partial charge in [0.05, 0.1) is 0 Å². The van der Waals surface area contributed by atoms with Crippen molar-refractivity contribution in [3.8, 4) is 0 Å². The molecular formula is C8H24ClN3S. The van der Waals surface area contributed by atoms with E-state index in [1.807, 2.05) is 11.8 Å². The first-order valence-corrected chi connectivity index (χ1v) is 5.66. The predicted molar refractivity (Wildman–Crippen MR) is 66.6 cm³/mol. The molecule has 0 radical (unpaired) electrons. The first kappa shape index (κ1) is 19.1. The molecule has 6 N–H and O–H groups in total. The molecule has 0 saturated heterocycles. The van der Waals surface area contributed by atoms with Crippen LogP contribution in [0.2, 0.25) is 0 Å². The second kappa shape index (κ2) is 22.9. The monoisotopic (exact) mass is 229 g/mol. The van der Waals surface area contributed by atoms with Crippen LogP contribution in [0.4, 0.5) is 0 Å². The molecule has 0 unspecified atom stereocenters. The molecule has 0 aliphatic carbocycles. The van der Waals surface area contributed by atoms with Crippen LogP contribution in [0.1, 0.15) is 19.8 Å². The average molecular weight is 230 g/mol. The van der Waals surface area contributed by atoms with Crippen LogP contribution in [0.15, 0.2) is 0 Å². The fourth-order valence-electron chi connectivity index (χ4n) is 0.432. The molecule has 0 saturated carbocycles. The lowest BCUT2D eigenvalue weighted by Crippen LogP contribution is -2.11. The Kier molecular flexibility index (Phi) is 33.7. The van der Waals surface area contributed by atoms with E-state index in [0.717, 1.165) is 12.3 Å². The molecule has 0 amide bonds. The highest BCUT2D eigenvalue weighted by Crippen LogP contribution is 2.01. The van der Waals surface area contributed by atoms with Crippen LogP contribution in [-0.4, -0.2) is 31.1 Å². The largest absolute Gasteiger partial charge is 0.330 e. The molecule has 0 heterocycles. The SMILES string of the molecule is CCCCSCCN.Cl.NCCN. The molecule has 5 heteroatoms. The Labute approximate surface area is 92.6 Å². The summed E-state index contributed by atoms with van der Waals surface area (Å²) in [5, 5.41) is 0. The smallest absolute Gasteiger partial charge is 0.00558 e. The van der Waals surface area contributed by atoms with Crippen LogP contribution in [0.25, 0.3) is 0 Å². The van der Waals surface area contributed by atoms with Gasteiger partial charge in [-0.3, -0.25) is 0 Å². The van der Waals surface area contributed by atoms with Gasteiger partial charge in [-0.25, -0.2) is 0 Å². The third-order valence-corrected chi connectivity index (χ3v) is 2.17. The number of thioether (sulfide) groups is 1. The normalized spacial score (nSPS) is 8.31. The molecule has 0 aromatic heterocycles. The third-order valence-electron chi connectivity index (χ3n) is 1.07. The summed E-state index contributed by atoms with van der Waals surface area (Å²) in [5.41, 5.74) is 15.1. The zero-order valence-corrected chi connectivity index (χ0v) is 10.1. The van der Waals surface area contributed by atoms with Gasteiger partial charge in [-0.05, 0) is 12.2 Å². The van der Waals surface area contributed by atoms with E-state index in [4.69, 9.17) is 17.2 Å². The summed E-state index contributed by atoms with van der Waals surface area (Å²) in [5.74, 6) is 2.41. The van der Waals surface area contributed by atoms with Crippen LogP contribution in [0.3, 0.4) is 0 Å². The first-order chi connectivity index (χ1) is 5.83. The molecule has 84 valence electrons. The number of rotatable bonds is 6. The van der Waals surface area contributed by atoms with Gasteiger partial charge >= 0.3 is 0 Å². The van der Waals surface area contributed by atoms with E-state index in [0.29, 0.717) is 13.1 Å². The molecule has 0 aliphatic heterocycles. The van der Waals surface area contributed by atoms with Crippen molar-refractivity contribution in [3.63, 3.8) is 0 Å². The minimum atomic E-state index is 0. The zero-order valence-electron chi connectivity index (χ0n) is 8.50. The third kappa shape index (κ3) is 32.6. The summed E-state index contributed by atoms with van der Waals surface area (Å²) in [6, 6.07) is 0. The molecule has 0 spiro atoms. The fraction of sp³-hybridized carbons (Fsp3) is 1.00. The predicted octanol–water partition coefficient (Wildman–Crippen LogP) is 0.804. The Bertz CT molecular complexity index is 59.4. The van der Waals surface area contributed by atoms with Gasteiger partial charge in [0.25, 0.3) is 0 Å². The van der Waals surface area contributed by atoms with Crippen LogP contribution in [0.5, 0.6) is 0 Å². The number of hydrogen-bond acceptors (Lipinski definition) is 4. The van der Waals surface area contributed by atoms with Gasteiger partial charge < -0.3 is 17.2 Å². The topological polar surface area (TPSA) is 78.1 Å². The van der Waals surface area contributed by atoms with Crippen LogP contribution < -0.4 is 17.2 Å². The standard InChI is InChI=1S/C6H15NS.C2H8N2.ClH/c1-2-3-5-8-6-4-7;3-1-2-4;/h2-7H2,1H3;1-4H2;1H. The van der Waals surface area contributed by atoms with Crippen LogP contribution in [0, 0.1) is 0 Å². The quantitative estimate of drug-likeness (QED) is 0.589. The minimum Gasteiger partial charge on any atom is -0.330 e. The highest BCUT2D eigenvalue weighted by atomic mass is 35.5. The lowest BCUT2D eigenvalue weighted by Gasteiger charge is -1.94. The summed E-state index contributed by atoms with van der Waals surface area (Å²) in [4.78, 5) is 0. The van der Waals surface area contributed by atoms with E-state index in [9.17, 15) is 0 Å². The number of halogens is 1. The molecule has 0 aromatic rings. The summed E-state index contributed by atoms with van der Waals surface area (Å²) < 4.78 is 0. The Morgan fingerprint density at radius 3 is 1.77 bits per heavy atom. The van der Waals surface area contributed by atoms with Gasteiger partial charge in [-0.2, -0.15) is 11.8 Å². The molecular weight excluding hydrogens is 206 g/mol. The molecule has 0 rings (SSSR count). The van der Waals surface area contributed by atoms with Gasteiger partial charge in [0.1, 0.15) is 0 Å². The van der Waals surface area contributed by atoms with E-state index < -0.39 is 0 Å². The van der Waals surface area contributed by atoms with Gasteiger partial charge in [0, 0.05) is 25.4 Å². The molecule has 0 aromatic carbocycles. The van der Waals surface area contributed by atoms with Crippen molar-refractivity contribution in [3.05, 3.63) is 0 Å². The van der Waals surface area contributed by atoms with Gasteiger partial charge in [-0.15, -0.1) is 12.4 Å². The van der Waals surface area contributed by atoms with Gasteiger partial charge in [0.15, 0.2) is 0 Å². The van der Waals surface area contributed by atoms with E-state index in [-0.39, 0.29) is 12.4 Å². The molecule has 13 heavy (non-hydrogen) atoms. The molecule has 0 fully saturated rings. The van der Waals surface area contributed by atoms with E-state index in [1.165, 1.54) is 18.6 Å². The van der Waals surface area contributed by atoms with Crippen LogP contribution >= 0.6 is 24.2 Å². The maximum absolute atomic E-state index is 5.29. The molecule has 0 aliphatic rings. The first-order valence-electron chi connectivity index (χ1n) is 4.51. The maximum Gasteiger partial charge on any atom is 0.00558 e. The number of nitrogens with two attached hydrogens (primary N) is 3. The Balaban J connectivity index is -0.000000173. The van der Waals surface area contributed by atoms with Crippen molar-refractivity contribution < 1.29 is 0 Å². The highest BCUT2D eigenvalue weighted by Gasteiger charge is 1.83. The Morgan fingerprint density at radius 2 is 1.46 bits per heavy atom. The number of hydrogen-bond donors (Lipinski definition) is 3. The fourth-order valence-corrected chi connectivity index (χ4v) is 1.30. The van der Waals surface area contributed by atoms with Gasteiger partial charge in [-0.1, -0.05) is 13.3 Å². The Hall–Kier alpha value is 0.520. The zero-order chi connectivity index (χ0) is 9.66. The van der Waals surface area contributed by atoms with Crippen molar-refractivity contribution in [1.82, 2.24) is 0 Å². The molecule has 3 nitrogen and oxygen atoms in total. The van der Waals surface area contributed by atoms with E-state index in [2.05, 4.69) is 6.92 Å². The van der Waals surface area contributed by atoms with Crippen molar-refractivity contribution in [2.75, 3.05) is 31.1 Å². The van der Waals surface area contributed by atoms with Gasteiger partial charge in [0.2, 0.25) is 0 Å². The summed E-state index contributed by atoms with van der Waals surface area (Å²) in [7, 11) is 0. The second-order valence-corrected chi connectivity index (χ2v) is 3.56. The van der Waals surface area contributed by atoms with Crippen molar-refractivity contribution in [2.24, 2.45) is 17.2 Å². The van der Waals surface area contributed by atoms with Crippen molar-refractivity contribution >= 4 is 24.2 Å². The summed E-state index contributed by atoms with van der Waals surface area (Å²) in [6.45, 7) is 4.23. The summed E-state index contributed by atoms with van der Waals surface area (Å²) in [6.07, 6.45) is 2.64. The minimum absolute atomic E-state index is 0. The second-order valence-electron chi connectivity index (χ2n) is 2.33. The van der Waals surface area contributed by atoms with Crippen molar-refractivity contribution in [2.45, 2.75) is 19.8 Å². The molecule has 0 atom stereocenters. The Morgan fingerprint density at radius 1 is 0.923 bits per heavy atom. The number of unbranched alkanes of at least 4 members (excludes halogenated alkanes) is 1. The average Bonchev–Trinajstić information content (AvgIpc) is 2.13.